The zero-order chi connectivity index (χ0) is 10.4. The van der Waals surface area contributed by atoms with Crippen molar-refractivity contribution in [2.75, 3.05) is 7.11 Å². The summed E-state index contributed by atoms with van der Waals surface area (Å²) in [5.41, 5.74) is 1.25. The van der Waals surface area contributed by atoms with Gasteiger partial charge in [0.15, 0.2) is 0 Å². The molecule has 0 radical (unpaired) electrons. The first kappa shape index (κ1) is 11.6. The van der Waals surface area contributed by atoms with E-state index in [1.54, 1.807) is 7.11 Å². The molecule has 1 aromatic rings. The highest BCUT2D eigenvalue weighted by molar-refractivity contribution is 7.80. The second-order valence-corrected chi connectivity index (χ2v) is 3.97. The van der Waals surface area contributed by atoms with E-state index in [-0.39, 0.29) is 6.10 Å². The molecule has 0 amide bonds. The van der Waals surface area contributed by atoms with E-state index in [1.807, 2.05) is 12.1 Å². The predicted molar refractivity (Wildman–Crippen MR) is 63.0 cm³/mol. The van der Waals surface area contributed by atoms with Crippen molar-refractivity contribution < 1.29 is 4.74 Å². The fraction of sp³-hybridized carbons (Fsp3) is 0.500. The smallest absolute Gasteiger partial charge is 0.0821 e. The molecule has 0 saturated heterocycles. The fourth-order valence-corrected chi connectivity index (χ4v) is 1.65. The summed E-state index contributed by atoms with van der Waals surface area (Å²) in [5, 5.41) is 0. The van der Waals surface area contributed by atoms with Crippen molar-refractivity contribution in [1.82, 2.24) is 0 Å². The third-order valence-corrected chi connectivity index (χ3v) is 2.67. The van der Waals surface area contributed by atoms with Gasteiger partial charge in [-0.15, -0.1) is 12.6 Å². The van der Waals surface area contributed by atoms with Crippen molar-refractivity contribution in [2.24, 2.45) is 0 Å². The molecule has 1 rings (SSSR count). The molecule has 0 unspecified atom stereocenters. The average molecular weight is 210 g/mol. The fourth-order valence-electron chi connectivity index (χ4n) is 1.50. The van der Waals surface area contributed by atoms with E-state index in [4.69, 9.17) is 4.74 Å². The third kappa shape index (κ3) is 3.35. The minimum atomic E-state index is 0.240. The molecule has 0 bridgehead atoms. The zero-order valence-corrected chi connectivity index (χ0v) is 9.76. The maximum atomic E-state index is 5.45. The summed E-state index contributed by atoms with van der Waals surface area (Å²) in [5.74, 6) is 0. The largest absolute Gasteiger partial charge is 0.377 e. The summed E-state index contributed by atoms with van der Waals surface area (Å²) >= 11 is 4.26. The van der Waals surface area contributed by atoms with Gasteiger partial charge in [-0.2, -0.15) is 0 Å². The molecule has 1 atom stereocenters. The molecule has 0 aliphatic carbocycles. The van der Waals surface area contributed by atoms with Crippen molar-refractivity contribution in [3.05, 3.63) is 29.8 Å². The second-order valence-electron chi connectivity index (χ2n) is 3.46. The first-order valence-electron chi connectivity index (χ1n) is 5.09. The Labute approximate surface area is 91.9 Å². The number of thiol groups is 1. The van der Waals surface area contributed by atoms with E-state index in [0.717, 1.165) is 11.3 Å². The Morgan fingerprint density at radius 2 is 1.93 bits per heavy atom. The Morgan fingerprint density at radius 1 is 1.29 bits per heavy atom. The van der Waals surface area contributed by atoms with Crippen molar-refractivity contribution >= 4 is 12.6 Å². The monoisotopic (exact) mass is 210 g/mol. The van der Waals surface area contributed by atoms with E-state index in [9.17, 15) is 0 Å². The SMILES string of the molecule is CCCC[C@@H](OC)c1ccc(S)cc1. The molecule has 0 saturated carbocycles. The van der Waals surface area contributed by atoms with Crippen LogP contribution in [0.5, 0.6) is 0 Å². The van der Waals surface area contributed by atoms with Crippen LogP contribution in [-0.4, -0.2) is 7.11 Å². The van der Waals surface area contributed by atoms with Gasteiger partial charge in [-0.25, -0.2) is 0 Å². The van der Waals surface area contributed by atoms with Crippen molar-refractivity contribution in [3.8, 4) is 0 Å². The normalized spacial score (nSPS) is 12.8. The van der Waals surface area contributed by atoms with Crippen LogP contribution in [0.2, 0.25) is 0 Å². The Kier molecular flexibility index (Phi) is 5.05. The summed E-state index contributed by atoms with van der Waals surface area (Å²) in [7, 11) is 1.77. The maximum absolute atomic E-state index is 5.45. The molecule has 1 nitrogen and oxygen atoms in total. The van der Waals surface area contributed by atoms with Crippen LogP contribution >= 0.6 is 12.6 Å². The van der Waals surface area contributed by atoms with Crippen LogP contribution in [-0.2, 0) is 4.74 Å². The van der Waals surface area contributed by atoms with Gasteiger partial charge in [0.1, 0.15) is 0 Å². The summed E-state index contributed by atoms with van der Waals surface area (Å²) in [6.07, 6.45) is 3.76. The number of ether oxygens (including phenoxy) is 1. The second kappa shape index (κ2) is 6.10. The molecule has 0 aliphatic heterocycles. The number of benzene rings is 1. The molecule has 1 aromatic carbocycles. The van der Waals surface area contributed by atoms with E-state index < -0.39 is 0 Å². The van der Waals surface area contributed by atoms with Gasteiger partial charge in [0.2, 0.25) is 0 Å². The van der Waals surface area contributed by atoms with Gasteiger partial charge in [-0.1, -0.05) is 31.9 Å². The lowest BCUT2D eigenvalue weighted by molar-refractivity contribution is 0.0936. The quantitative estimate of drug-likeness (QED) is 0.726. The van der Waals surface area contributed by atoms with E-state index in [2.05, 4.69) is 31.7 Å². The Hall–Kier alpha value is -0.470. The summed E-state index contributed by atoms with van der Waals surface area (Å²) in [6.45, 7) is 2.20. The Morgan fingerprint density at radius 3 is 2.43 bits per heavy atom. The van der Waals surface area contributed by atoms with Gasteiger partial charge in [0, 0.05) is 12.0 Å². The minimum Gasteiger partial charge on any atom is -0.377 e. The molecule has 0 aromatic heterocycles. The number of rotatable bonds is 5. The topological polar surface area (TPSA) is 9.23 Å². The zero-order valence-electron chi connectivity index (χ0n) is 8.86. The minimum absolute atomic E-state index is 0.240. The van der Waals surface area contributed by atoms with Gasteiger partial charge in [0.05, 0.1) is 6.10 Å². The van der Waals surface area contributed by atoms with Gasteiger partial charge in [-0.3, -0.25) is 0 Å². The van der Waals surface area contributed by atoms with Gasteiger partial charge < -0.3 is 4.74 Å². The summed E-state index contributed by atoms with van der Waals surface area (Å²) in [6, 6.07) is 8.20. The maximum Gasteiger partial charge on any atom is 0.0821 e. The summed E-state index contributed by atoms with van der Waals surface area (Å²) < 4.78 is 5.45. The van der Waals surface area contributed by atoms with Crippen LogP contribution in [0.25, 0.3) is 0 Å². The standard InChI is InChI=1S/C12H18OS/c1-3-4-5-12(13-2)10-6-8-11(14)9-7-10/h6-9,12,14H,3-5H2,1-2H3/t12-/m1/s1. The number of hydrogen-bond donors (Lipinski definition) is 1. The van der Waals surface area contributed by atoms with Crippen LogP contribution < -0.4 is 0 Å². The predicted octanol–water partition coefficient (Wildman–Crippen LogP) is 3.85. The van der Waals surface area contributed by atoms with Crippen LogP contribution in [0.1, 0.15) is 37.9 Å². The van der Waals surface area contributed by atoms with E-state index >= 15 is 0 Å². The molecule has 0 N–H and O–H groups in total. The molecule has 14 heavy (non-hydrogen) atoms. The number of methoxy groups -OCH3 is 1. The highest BCUT2D eigenvalue weighted by Gasteiger charge is 2.08. The van der Waals surface area contributed by atoms with Crippen LogP contribution in [0.4, 0.5) is 0 Å². The van der Waals surface area contributed by atoms with Crippen LogP contribution in [0, 0.1) is 0 Å². The van der Waals surface area contributed by atoms with Gasteiger partial charge in [-0.05, 0) is 24.1 Å². The first-order valence-corrected chi connectivity index (χ1v) is 5.54. The molecule has 0 fully saturated rings. The lowest BCUT2D eigenvalue weighted by Gasteiger charge is -2.15. The molecule has 0 spiro atoms. The molecular formula is C12H18OS. The molecule has 2 heteroatoms. The van der Waals surface area contributed by atoms with Crippen molar-refractivity contribution in [1.29, 1.82) is 0 Å². The molecule has 0 aliphatic rings. The molecule has 0 heterocycles. The highest BCUT2D eigenvalue weighted by Crippen LogP contribution is 2.23. The lowest BCUT2D eigenvalue weighted by Crippen LogP contribution is -2.00. The first-order chi connectivity index (χ1) is 6.77. The Balaban J connectivity index is 2.64. The number of unbranched alkanes of at least 4 members (excludes halogenated alkanes) is 1. The molecular weight excluding hydrogens is 192 g/mol. The van der Waals surface area contributed by atoms with E-state index in [0.29, 0.717) is 0 Å². The lowest BCUT2D eigenvalue weighted by atomic mass is 10.0. The van der Waals surface area contributed by atoms with Crippen LogP contribution in [0.3, 0.4) is 0 Å². The van der Waals surface area contributed by atoms with Crippen molar-refractivity contribution in [2.45, 2.75) is 37.2 Å². The van der Waals surface area contributed by atoms with Gasteiger partial charge >= 0.3 is 0 Å². The Bertz CT molecular complexity index is 256. The van der Waals surface area contributed by atoms with Gasteiger partial charge in [0.25, 0.3) is 0 Å². The van der Waals surface area contributed by atoms with Crippen molar-refractivity contribution in [3.63, 3.8) is 0 Å². The average Bonchev–Trinajstić information content (AvgIpc) is 2.21. The van der Waals surface area contributed by atoms with E-state index in [1.165, 1.54) is 18.4 Å². The molecule has 78 valence electrons. The third-order valence-electron chi connectivity index (χ3n) is 2.37. The highest BCUT2D eigenvalue weighted by atomic mass is 32.1. The summed E-state index contributed by atoms with van der Waals surface area (Å²) in [4.78, 5) is 0.999. The number of hydrogen-bond acceptors (Lipinski definition) is 2. The van der Waals surface area contributed by atoms with Crippen LogP contribution in [0.15, 0.2) is 29.2 Å².